The SMILES string of the molecule is CCOc1ccc2[nH]c(=O)c(CN(C3CCCC3)[C@H](c3nnnn3C[C@H]3CCCO3)C(C)C)cc2c1. The van der Waals surface area contributed by atoms with Crippen molar-refractivity contribution in [3.05, 3.63) is 46.0 Å². The minimum Gasteiger partial charge on any atom is -0.494 e. The van der Waals surface area contributed by atoms with E-state index < -0.39 is 0 Å². The molecule has 1 aliphatic heterocycles. The number of tetrazole rings is 1. The van der Waals surface area contributed by atoms with E-state index >= 15 is 0 Å². The Balaban J connectivity index is 1.50. The molecule has 2 fully saturated rings. The van der Waals surface area contributed by atoms with E-state index in [0.717, 1.165) is 60.3 Å². The Bertz CT molecular complexity index is 1210. The Morgan fingerprint density at radius 3 is 2.75 bits per heavy atom. The monoisotopic (exact) mass is 494 g/mol. The van der Waals surface area contributed by atoms with Crippen LogP contribution in [0, 0.1) is 5.92 Å². The van der Waals surface area contributed by atoms with Crippen LogP contribution in [0.5, 0.6) is 5.75 Å². The van der Waals surface area contributed by atoms with E-state index in [4.69, 9.17) is 9.47 Å². The Morgan fingerprint density at radius 2 is 2.03 bits per heavy atom. The van der Waals surface area contributed by atoms with Crippen LogP contribution in [0.2, 0.25) is 0 Å². The third-order valence-electron chi connectivity index (χ3n) is 7.56. The standard InChI is InChI=1S/C27H38N6O3/c1-4-35-22-11-12-24-19(15-22)14-20(27(34)28-24)16-32(21-8-5-6-9-21)25(18(2)3)26-29-30-31-33(26)17-23-10-7-13-36-23/h11-12,14-15,18,21,23,25H,4-10,13,16-17H2,1-3H3,(H,28,34)/t23-,25+/m1/s1. The van der Waals surface area contributed by atoms with E-state index in [0.29, 0.717) is 25.7 Å². The van der Waals surface area contributed by atoms with Crippen molar-refractivity contribution in [2.24, 2.45) is 5.92 Å². The smallest absolute Gasteiger partial charge is 0.252 e. The van der Waals surface area contributed by atoms with Crippen molar-refractivity contribution >= 4 is 10.9 Å². The van der Waals surface area contributed by atoms with Gasteiger partial charge in [0, 0.05) is 35.7 Å². The number of aromatic amines is 1. The van der Waals surface area contributed by atoms with Gasteiger partial charge in [-0.15, -0.1) is 5.10 Å². The van der Waals surface area contributed by atoms with Crippen LogP contribution < -0.4 is 10.3 Å². The zero-order valence-electron chi connectivity index (χ0n) is 21.7. The summed E-state index contributed by atoms with van der Waals surface area (Å²) < 4.78 is 13.5. The Hall–Kier alpha value is -2.78. The summed E-state index contributed by atoms with van der Waals surface area (Å²) in [6.07, 6.45) is 6.93. The van der Waals surface area contributed by atoms with Crippen molar-refractivity contribution in [2.75, 3.05) is 13.2 Å². The van der Waals surface area contributed by atoms with Gasteiger partial charge in [-0.3, -0.25) is 9.69 Å². The minimum absolute atomic E-state index is 0.00522. The van der Waals surface area contributed by atoms with Crippen LogP contribution >= 0.6 is 0 Å². The molecule has 2 aromatic heterocycles. The average Bonchev–Trinajstić information content (AvgIpc) is 3.64. The molecule has 36 heavy (non-hydrogen) atoms. The highest BCUT2D eigenvalue weighted by Crippen LogP contribution is 2.36. The molecule has 1 saturated heterocycles. The van der Waals surface area contributed by atoms with Crippen molar-refractivity contribution in [1.82, 2.24) is 30.1 Å². The van der Waals surface area contributed by atoms with Crippen molar-refractivity contribution in [3.8, 4) is 5.75 Å². The summed E-state index contributed by atoms with van der Waals surface area (Å²) in [6.45, 7) is 9.03. The van der Waals surface area contributed by atoms with Gasteiger partial charge in [-0.25, -0.2) is 4.68 Å². The molecule has 0 unspecified atom stereocenters. The third-order valence-corrected chi connectivity index (χ3v) is 7.56. The first kappa shape index (κ1) is 24.9. The quantitative estimate of drug-likeness (QED) is 0.450. The van der Waals surface area contributed by atoms with Gasteiger partial charge in [-0.05, 0) is 73.2 Å². The molecular weight excluding hydrogens is 456 g/mol. The highest BCUT2D eigenvalue weighted by Gasteiger charge is 2.36. The molecule has 3 aromatic rings. The normalized spacial score (nSPS) is 19.6. The largest absolute Gasteiger partial charge is 0.494 e. The van der Waals surface area contributed by atoms with Gasteiger partial charge in [0.25, 0.3) is 5.56 Å². The fraction of sp³-hybridized carbons (Fsp3) is 0.630. The maximum absolute atomic E-state index is 13.2. The molecule has 1 aromatic carbocycles. The van der Waals surface area contributed by atoms with Crippen LogP contribution in [-0.4, -0.2) is 55.5 Å². The highest BCUT2D eigenvalue weighted by atomic mass is 16.5. The molecule has 1 aliphatic carbocycles. The van der Waals surface area contributed by atoms with E-state index in [1.54, 1.807) is 0 Å². The maximum Gasteiger partial charge on any atom is 0.252 e. The predicted molar refractivity (Wildman–Crippen MR) is 138 cm³/mol. The number of rotatable bonds is 10. The van der Waals surface area contributed by atoms with E-state index in [9.17, 15) is 4.79 Å². The van der Waals surface area contributed by atoms with E-state index in [2.05, 4.69) is 39.3 Å². The molecule has 5 rings (SSSR count). The Labute approximate surface area is 212 Å². The summed E-state index contributed by atoms with van der Waals surface area (Å²) in [5.41, 5.74) is 1.53. The predicted octanol–water partition coefficient (Wildman–Crippen LogP) is 4.23. The van der Waals surface area contributed by atoms with Crippen LogP contribution in [0.3, 0.4) is 0 Å². The first-order valence-corrected chi connectivity index (χ1v) is 13.5. The molecule has 2 aliphatic rings. The lowest BCUT2D eigenvalue weighted by atomic mass is 9.97. The van der Waals surface area contributed by atoms with Gasteiger partial charge < -0.3 is 14.5 Å². The number of hydrogen-bond donors (Lipinski definition) is 1. The van der Waals surface area contributed by atoms with Crippen LogP contribution in [0.15, 0.2) is 29.1 Å². The zero-order valence-corrected chi connectivity index (χ0v) is 21.7. The zero-order chi connectivity index (χ0) is 25.1. The van der Waals surface area contributed by atoms with E-state index in [1.807, 2.05) is 35.9 Å². The number of nitrogens with one attached hydrogen (secondary N) is 1. The molecule has 0 bridgehead atoms. The molecule has 3 heterocycles. The number of pyridine rings is 1. The second-order valence-electron chi connectivity index (χ2n) is 10.5. The average molecular weight is 495 g/mol. The number of nitrogens with zero attached hydrogens (tertiary/aromatic N) is 5. The van der Waals surface area contributed by atoms with Crippen LogP contribution in [0.4, 0.5) is 0 Å². The summed E-state index contributed by atoms with van der Waals surface area (Å²) in [7, 11) is 0. The third kappa shape index (κ3) is 5.32. The van der Waals surface area contributed by atoms with E-state index in [1.165, 1.54) is 12.8 Å². The number of hydrogen-bond acceptors (Lipinski definition) is 7. The molecular formula is C27H38N6O3. The second kappa shape index (κ2) is 11.1. The van der Waals surface area contributed by atoms with Gasteiger partial charge in [0.05, 0.1) is 25.3 Å². The van der Waals surface area contributed by atoms with Gasteiger partial charge in [-0.2, -0.15) is 0 Å². The maximum atomic E-state index is 13.2. The molecule has 1 N–H and O–H groups in total. The summed E-state index contributed by atoms with van der Waals surface area (Å²) in [6, 6.07) is 8.21. The lowest BCUT2D eigenvalue weighted by Crippen LogP contribution is -2.41. The summed E-state index contributed by atoms with van der Waals surface area (Å²) in [5.74, 6) is 1.94. The van der Waals surface area contributed by atoms with Crippen LogP contribution in [0.1, 0.15) is 76.7 Å². The highest BCUT2D eigenvalue weighted by molar-refractivity contribution is 5.80. The fourth-order valence-electron chi connectivity index (χ4n) is 5.86. The topological polar surface area (TPSA) is 98.2 Å². The molecule has 9 heteroatoms. The Kier molecular flexibility index (Phi) is 7.67. The van der Waals surface area contributed by atoms with Gasteiger partial charge in [0.15, 0.2) is 5.82 Å². The fourth-order valence-corrected chi connectivity index (χ4v) is 5.86. The van der Waals surface area contributed by atoms with E-state index in [-0.39, 0.29) is 23.6 Å². The minimum atomic E-state index is -0.0453. The first-order chi connectivity index (χ1) is 17.5. The van der Waals surface area contributed by atoms with Crippen molar-refractivity contribution in [1.29, 1.82) is 0 Å². The second-order valence-corrected chi connectivity index (χ2v) is 10.5. The summed E-state index contributed by atoms with van der Waals surface area (Å²) >= 11 is 0. The van der Waals surface area contributed by atoms with Gasteiger partial charge in [0.1, 0.15) is 5.75 Å². The van der Waals surface area contributed by atoms with Crippen molar-refractivity contribution in [2.45, 2.75) is 90.6 Å². The van der Waals surface area contributed by atoms with Crippen LogP contribution in [0.25, 0.3) is 10.9 Å². The lowest BCUT2D eigenvalue weighted by Gasteiger charge is -2.38. The number of fused-ring (bicyclic) bond motifs is 1. The molecule has 194 valence electrons. The first-order valence-electron chi connectivity index (χ1n) is 13.5. The van der Waals surface area contributed by atoms with Gasteiger partial charge in [0.2, 0.25) is 0 Å². The molecule has 1 saturated carbocycles. The van der Waals surface area contributed by atoms with Gasteiger partial charge >= 0.3 is 0 Å². The van der Waals surface area contributed by atoms with Gasteiger partial charge in [-0.1, -0.05) is 26.7 Å². The number of aromatic nitrogens is 5. The van der Waals surface area contributed by atoms with Crippen molar-refractivity contribution in [3.63, 3.8) is 0 Å². The number of H-pyrrole nitrogens is 1. The molecule has 2 atom stereocenters. The summed E-state index contributed by atoms with van der Waals surface area (Å²) in [4.78, 5) is 18.8. The molecule has 9 nitrogen and oxygen atoms in total. The lowest BCUT2D eigenvalue weighted by molar-refractivity contribution is 0.0718. The number of benzene rings is 1. The number of ether oxygens (including phenoxy) is 2. The molecule has 0 radical (unpaired) electrons. The Morgan fingerprint density at radius 1 is 1.19 bits per heavy atom. The van der Waals surface area contributed by atoms with Crippen molar-refractivity contribution < 1.29 is 9.47 Å². The molecule has 0 amide bonds. The molecule has 0 spiro atoms. The summed E-state index contributed by atoms with van der Waals surface area (Å²) in [5, 5.41) is 13.9. The van der Waals surface area contributed by atoms with Crippen LogP contribution in [-0.2, 0) is 17.8 Å².